The molecule has 4 heterocycles. The van der Waals surface area contributed by atoms with Crippen LogP contribution in [0.4, 0.5) is 0 Å². The summed E-state index contributed by atoms with van der Waals surface area (Å²) in [5, 5.41) is 0. The van der Waals surface area contributed by atoms with E-state index in [1.165, 1.54) is 22.3 Å². The maximum atomic E-state index is 4.99. The maximum absolute atomic E-state index is 4.99. The third-order valence-electron chi connectivity index (χ3n) is 8.07. The summed E-state index contributed by atoms with van der Waals surface area (Å²) >= 11 is 0. The molecule has 0 atom stereocenters. The van der Waals surface area contributed by atoms with Crippen LogP contribution in [0.3, 0.4) is 0 Å². The van der Waals surface area contributed by atoms with Gasteiger partial charge in [0.2, 0.25) is 0 Å². The second-order valence-corrected chi connectivity index (χ2v) is 11.3. The molecular formula is C37H30N4. The average Bonchev–Trinajstić information content (AvgIpc) is 3.22. The zero-order valence-electron chi connectivity index (χ0n) is 23.7. The fourth-order valence-electron chi connectivity index (χ4n) is 5.90. The lowest BCUT2D eigenvalue weighted by Gasteiger charge is -2.22. The Bertz CT molecular complexity index is 1810. The highest BCUT2D eigenvalue weighted by molar-refractivity contribution is 5.85. The van der Waals surface area contributed by atoms with Gasteiger partial charge in [-0.15, -0.1) is 0 Å². The van der Waals surface area contributed by atoms with Crippen LogP contribution in [0.15, 0.2) is 109 Å². The molecule has 1 aliphatic rings. The fourth-order valence-corrected chi connectivity index (χ4v) is 5.90. The molecule has 0 N–H and O–H groups in total. The van der Waals surface area contributed by atoms with Gasteiger partial charge in [-0.1, -0.05) is 62.4 Å². The lowest BCUT2D eigenvalue weighted by atomic mass is 9.81. The third kappa shape index (κ3) is 4.42. The smallest absolute Gasteiger partial charge is 0.0893 e. The summed E-state index contributed by atoms with van der Waals surface area (Å²) in [6.07, 6.45) is 0. The van der Waals surface area contributed by atoms with Gasteiger partial charge in [-0.25, -0.2) is 9.97 Å². The number of rotatable bonds is 4. The van der Waals surface area contributed by atoms with Crippen LogP contribution in [0.2, 0.25) is 0 Å². The lowest BCUT2D eigenvalue weighted by molar-refractivity contribution is 0.661. The van der Waals surface area contributed by atoms with Crippen molar-refractivity contribution in [2.24, 2.45) is 0 Å². The summed E-state index contributed by atoms with van der Waals surface area (Å²) in [5.41, 5.74) is 14.7. The normalized spacial score (nSPS) is 13.1. The Morgan fingerprint density at radius 2 is 0.780 bits per heavy atom. The number of pyridine rings is 4. The standard InChI is InChI=1S/C37H30N4/c1-23-9-5-13-33(38-23)35-15-7-11-31(40-35)25-17-19-27-28-20-18-26(22-30(28)37(3,4)29(27)21-25)32-12-8-16-36(41-32)34-14-6-10-24(2)39-34/h5-22H,1-4H3. The van der Waals surface area contributed by atoms with Crippen LogP contribution in [0.25, 0.3) is 56.4 Å². The third-order valence-corrected chi connectivity index (χ3v) is 8.07. The Morgan fingerprint density at radius 3 is 1.20 bits per heavy atom. The van der Waals surface area contributed by atoms with E-state index < -0.39 is 0 Å². The largest absolute Gasteiger partial charge is 0.251 e. The van der Waals surface area contributed by atoms with Crippen molar-refractivity contribution in [3.8, 4) is 56.4 Å². The minimum atomic E-state index is -0.165. The second-order valence-electron chi connectivity index (χ2n) is 11.3. The number of benzene rings is 2. The number of fused-ring (bicyclic) bond motifs is 3. The van der Waals surface area contributed by atoms with Crippen molar-refractivity contribution in [2.45, 2.75) is 33.1 Å². The summed E-state index contributed by atoms with van der Waals surface area (Å²) in [5.74, 6) is 0. The molecule has 0 aliphatic heterocycles. The molecule has 4 heteroatoms. The number of aryl methyl sites for hydroxylation is 2. The van der Waals surface area contributed by atoms with Crippen LogP contribution in [0.1, 0.15) is 36.4 Å². The molecular weight excluding hydrogens is 500 g/mol. The van der Waals surface area contributed by atoms with E-state index >= 15 is 0 Å². The maximum Gasteiger partial charge on any atom is 0.0893 e. The van der Waals surface area contributed by atoms with Crippen molar-refractivity contribution >= 4 is 0 Å². The van der Waals surface area contributed by atoms with Gasteiger partial charge >= 0.3 is 0 Å². The summed E-state index contributed by atoms with van der Waals surface area (Å²) in [4.78, 5) is 19.3. The van der Waals surface area contributed by atoms with Gasteiger partial charge in [0.25, 0.3) is 0 Å². The van der Waals surface area contributed by atoms with Gasteiger partial charge in [0, 0.05) is 27.9 Å². The van der Waals surface area contributed by atoms with Crippen LogP contribution < -0.4 is 0 Å². The summed E-state index contributed by atoms with van der Waals surface area (Å²) in [6, 6.07) is 37.9. The van der Waals surface area contributed by atoms with Crippen molar-refractivity contribution in [2.75, 3.05) is 0 Å². The van der Waals surface area contributed by atoms with Crippen molar-refractivity contribution < 1.29 is 0 Å². The quantitative estimate of drug-likeness (QED) is 0.228. The molecule has 1 aliphatic carbocycles. The molecule has 0 saturated carbocycles. The highest BCUT2D eigenvalue weighted by Crippen LogP contribution is 2.50. The van der Waals surface area contributed by atoms with E-state index in [-0.39, 0.29) is 5.41 Å². The first-order chi connectivity index (χ1) is 19.9. The van der Waals surface area contributed by atoms with E-state index in [2.05, 4.69) is 84.5 Å². The fraction of sp³-hybridized carbons (Fsp3) is 0.135. The predicted molar refractivity (Wildman–Crippen MR) is 166 cm³/mol. The molecule has 41 heavy (non-hydrogen) atoms. The molecule has 7 rings (SSSR count). The van der Waals surface area contributed by atoms with Gasteiger partial charge in [-0.3, -0.25) is 9.97 Å². The van der Waals surface area contributed by atoms with E-state index in [1.54, 1.807) is 0 Å². The molecule has 2 aromatic carbocycles. The topological polar surface area (TPSA) is 51.6 Å². The Balaban J connectivity index is 1.25. The van der Waals surface area contributed by atoms with Gasteiger partial charge in [-0.05, 0) is 96.8 Å². The lowest BCUT2D eigenvalue weighted by Crippen LogP contribution is -2.15. The average molecular weight is 531 g/mol. The van der Waals surface area contributed by atoms with Gasteiger partial charge in [0.15, 0.2) is 0 Å². The summed E-state index contributed by atoms with van der Waals surface area (Å²) < 4.78 is 0. The van der Waals surface area contributed by atoms with E-state index in [1.807, 2.05) is 62.4 Å². The van der Waals surface area contributed by atoms with Crippen LogP contribution in [-0.2, 0) is 5.41 Å². The molecule has 0 saturated heterocycles. The van der Waals surface area contributed by atoms with Crippen LogP contribution in [-0.4, -0.2) is 19.9 Å². The first kappa shape index (κ1) is 25.0. The molecule has 0 unspecified atom stereocenters. The first-order valence-electron chi connectivity index (χ1n) is 14.0. The highest BCUT2D eigenvalue weighted by atomic mass is 14.8. The van der Waals surface area contributed by atoms with Gasteiger partial charge in [-0.2, -0.15) is 0 Å². The summed E-state index contributed by atoms with van der Waals surface area (Å²) in [7, 11) is 0. The van der Waals surface area contributed by atoms with Crippen molar-refractivity contribution in [1.82, 2.24) is 19.9 Å². The molecule has 4 aromatic heterocycles. The first-order valence-corrected chi connectivity index (χ1v) is 14.0. The molecule has 0 bridgehead atoms. The molecule has 198 valence electrons. The number of aromatic nitrogens is 4. The van der Waals surface area contributed by atoms with Crippen LogP contribution in [0, 0.1) is 13.8 Å². The number of nitrogens with zero attached hydrogens (tertiary/aromatic N) is 4. The zero-order valence-corrected chi connectivity index (χ0v) is 23.7. The molecule has 0 spiro atoms. The number of hydrogen-bond donors (Lipinski definition) is 0. The molecule has 0 amide bonds. The monoisotopic (exact) mass is 530 g/mol. The van der Waals surface area contributed by atoms with E-state index in [4.69, 9.17) is 9.97 Å². The predicted octanol–water partition coefficient (Wildman–Crippen LogP) is 8.86. The highest BCUT2D eigenvalue weighted by Gasteiger charge is 2.36. The van der Waals surface area contributed by atoms with Crippen LogP contribution in [0.5, 0.6) is 0 Å². The van der Waals surface area contributed by atoms with E-state index in [0.29, 0.717) is 0 Å². The van der Waals surface area contributed by atoms with Crippen molar-refractivity contribution in [1.29, 1.82) is 0 Å². The Hall–Kier alpha value is -4.96. The van der Waals surface area contributed by atoms with Crippen LogP contribution >= 0.6 is 0 Å². The molecule has 4 nitrogen and oxygen atoms in total. The zero-order chi connectivity index (χ0) is 28.1. The van der Waals surface area contributed by atoms with E-state index in [9.17, 15) is 0 Å². The summed E-state index contributed by atoms with van der Waals surface area (Å²) in [6.45, 7) is 8.64. The second kappa shape index (κ2) is 9.60. The number of hydrogen-bond acceptors (Lipinski definition) is 4. The van der Waals surface area contributed by atoms with Gasteiger partial charge in [0.05, 0.1) is 34.2 Å². The van der Waals surface area contributed by atoms with Gasteiger partial charge < -0.3 is 0 Å². The Morgan fingerprint density at radius 1 is 0.415 bits per heavy atom. The Labute approximate surface area is 240 Å². The minimum absolute atomic E-state index is 0.165. The minimum Gasteiger partial charge on any atom is -0.251 e. The van der Waals surface area contributed by atoms with Crippen molar-refractivity contribution in [3.63, 3.8) is 0 Å². The van der Waals surface area contributed by atoms with Crippen molar-refractivity contribution in [3.05, 3.63) is 132 Å². The van der Waals surface area contributed by atoms with E-state index in [0.717, 1.165) is 56.7 Å². The Kier molecular flexibility index (Phi) is 5.86. The molecule has 0 fully saturated rings. The van der Waals surface area contributed by atoms with Gasteiger partial charge in [0.1, 0.15) is 0 Å². The SMILES string of the molecule is Cc1cccc(-c2cccc(-c3ccc4c(c3)C(C)(C)c3cc(-c5cccc(-c6cccc(C)n6)n5)ccc3-4)n2)n1. The molecule has 0 radical (unpaired) electrons. The molecule has 6 aromatic rings.